The Morgan fingerprint density at radius 1 is 1.17 bits per heavy atom. The molecular weight excluding hydrogens is 382 g/mol. The molecule has 2 N–H and O–H groups in total. The Morgan fingerprint density at radius 3 is 2.62 bits per heavy atom. The number of carbonyl (C=O) groups is 1. The number of rotatable bonds is 6. The molecule has 5 nitrogen and oxygen atoms in total. The Bertz CT molecular complexity index is 1270. The average Bonchev–Trinajstić information content (AvgIpc) is 3.14. The fourth-order valence-corrected chi connectivity index (χ4v) is 4.80. The number of aryl methyl sites for hydroxylation is 1. The Kier molecular flexibility index (Phi) is 5.20. The highest BCUT2D eigenvalue weighted by molar-refractivity contribution is 7.17. The first-order valence-electron chi connectivity index (χ1n) is 9.86. The maximum Gasteiger partial charge on any atom is 0.263 e. The van der Waals surface area contributed by atoms with Gasteiger partial charge in [0.05, 0.1) is 5.39 Å². The first-order chi connectivity index (χ1) is 14.0. The third kappa shape index (κ3) is 3.34. The fourth-order valence-electron chi connectivity index (χ4n) is 3.85. The minimum Gasteiger partial charge on any atom is -0.368 e. The minimum absolute atomic E-state index is 0.187. The molecule has 0 aliphatic rings. The van der Waals surface area contributed by atoms with Crippen LogP contribution >= 0.6 is 11.3 Å². The molecule has 0 aliphatic carbocycles. The van der Waals surface area contributed by atoms with Crippen molar-refractivity contribution in [3.63, 3.8) is 0 Å². The van der Waals surface area contributed by atoms with Crippen molar-refractivity contribution in [3.8, 4) is 11.1 Å². The van der Waals surface area contributed by atoms with E-state index < -0.39 is 11.9 Å². The van der Waals surface area contributed by atoms with Crippen LogP contribution in [-0.4, -0.2) is 15.5 Å². The van der Waals surface area contributed by atoms with Crippen LogP contribution in [0.1, 0.15) is 38.6 Å². The van der Waals surface area contributed by atoms with E-state index in [4.69, 9.17) is 10.7 Å². The van der Waals surface area contributed by atoms with E-state index in [0.717, 1.165) is 28.3 Å². The van der Waals surface area contributed by atoms with Gasteiger partial charge in [-0.2, -0.15) is 0 Å². The standard InChI is InChI=1S/C23H23N3O2S/c1-3-7-19-25-22-20(23(28)26(19)18(4-2)21(24)27)17(13-29-22)16-11-10-14-8-5-6-9-15(14)12-16/h5-6,8-13,18H,3-4,7H2,1-2H3,(H2,24,27). The molecule has 2 heterocycles. The summed E-state index contributed by atoms with van der Waals surface area (Å²) in [4.78, 5) is 31.1. The van der Waals surface area contributed by atoms with Gasteiger partial charge in [0.25, 0.3) is 5.56 Å². The van der Waals surface area contributed by atoms with Crippen molar-refractivity contribution in [2.45, 2.75) is 39.2 Å². The lowest BCUT2D eigenvalue weighted by Gasteiger charge is -2.19. The summed E-state index contributed by atoms with van der Waals surface area (Å²) in [7, 11) is 0. The summed E-state index contributed by atoms with van der Waals surface area (Å²) in [5.74, 6) is 0.123. The molecule has 0 saturated heterocycles. The number of thiophene rings is 1. The van der Waals surface area contributed by atoms with Gasteiger partial charge in [-0.05, 0) is 35.2 Å². The summed E-state index contributed by atoms with van der Waals surface area (Å²) in [6.45, 7) is 3.89. The summed E-state index contributed by atoms with van der Waals surface area (Å²) in [6, 6.07) is 13.6. The molecule has 0 bridgehead atoms. The van der Waals surface area contributed by atoms with Gasteiger partial charge in [-0.3, -0.25) is 14.2 Å². The number of aromatic nitrogens is 2. The maximum atomic E-state index is 13.6. The van der Waals surface area contributed by atoms with E-state index >= 15 is 0 Å². The van der Waals surface area contributed by atoms with Gasteiger partial charge in [0.1, 0.15) is 16.7 Å². The van der Waals surface area contributed by atoms with Gasteiger partial charge < -0.3 is 5.73 Å². The molecule has 2 aromatic carbocycles. The molecule has 4 rings (SSSR count). The van der Waals surface area contributed by atoms with Crippen LogP contribution in [0.4, 0.5) is 0 Å². The molecule has 0 fully saturated rings. The molecule has 6 heteroatoms. The molecule has 1 unspecified atom stereocenters. The zero-order valence-electron chi connectivity index (χ0n) is 16.5. The van der Waals surface area contributed by atoms with Crippen LogP contribution in [0.2, 0.25) is 0 Å². The van der Waals surface area contributed by atoms with Crippen LogP contribution in [0.15, 0.2) is 52.6 Å². The van der Waals surface area contributed by atoms with Crippen LogP contribution in [0.25, 0.3) is 32.1 Å². The van der Waals surface area contributed by atoms with Gasteiger partial charge in [-0.15, -0.1) is 11.3 Å². The van der Waals surface area contributed by atoms with Gasteiger partial charge in [0.15, 0.2) is 0 Å². The number of nitrogens with zero attached hydrogens (tertiary/aromatic N) is 2. The molecule has 1 amide bonds. The number of carbonyl (C=O) groups excluding carboxylic acids is 1. The topological polar surface area (TPSA) is 78.0 Å². The number of hydrogen-bond donors (Lipinski definition) is 1. The third-order valence-corrected chi connectivity index (χ3v) is 6.15. The zero-order valence-corrected chi connectivity index (χ0v) is 17.3. The largest absolute Gasteiger partial charge is 0.368 e. The maximum absolute atomic E-state index is 13.6. The van der Waals surface area contributed by atoms with Crippen molar-refractivity contribution >= 4 is 38.2 Å². The highest BCUT2D eigenvalue weighted by Gasteiger charge is 2.24. The average molecular weight is 406 g/mol. The fraction of sp³-hybridized carbons (Fsp3) is 0.261. The molecule has 0 saturated carbocycles. The lowest BCUT2D eigenvalue weighted by atomic mass is 10.0. The Morgan fingerprint density at radius 2 is 1.93 bits per heavy atom. The van der Waals surface area contributed by atoms with Crippen molar-refractivity contribution in [1.82, 2.24) is 9.55 Å². The van der Waals surface area contributed by atoms with E-state index in [2.05, 4.69) is 24.3 Å². The van der Waals surface area contributed by atoms with E-state index in [1.807, 2.05) is 37.4 Å². The van der Waals surface area contributed by atoms with Crippen LogP contribution < -0.4 is 11.3 Å². The predicted molar refractivity (Wildman–Crippen MR) is 119 cm³/mol. The van der Waals surface area contributed by atoms with E-state index in [1.165, 1.54) is 15.9 Å². The van der Waals surface area contributed by atoms with Crippen LogP contribution in [-0.2, 0) is 11.2 Å². The second kappa shape index (κ2) is 7.79. The normalized spacial score (nSPS) is 12.5. The SMILES string of the molecule is CCCc1nc2scc(-c3ccc4ccccc4c3)c2c(=O)n1C(CC)C(N)=O. The molecular formula is C23H23N3O2S. The van der Waals surface area contributed by atoms with E-state index in [0.29, 0.717) is 28.9 Å². The first kappa shape index (κ1) is 19.3. The van der Waals surface area contributed by atoms with Crippen LogP contribution in [0.3, 0.4) is 0 Å². The highest BCUT2D eigenvalue weighted by Crippen LogP contribution is 2.33. The molecule has 4 aromatic rings. The van der Waals surface area contributed by atoms with Crippen LogP contribution in [0, 0.1) is 0 Å². The number of nitrogens with two attached hydrogens (primary N) is 1. The number of primary amides is 1. The van der Waals surface area contributed by atoms with Crippen molar-refractivity contribution in [2.24, 2.45) is 5.73 Å². The lowest BCUT2D eigenvalue weighted by molar-refractivity contribution is -0.121. The molecule has 0 aliphatic heterocycles. The summed E-state index contributed by atoms with van der Waals surface area (Å²) < 4.78 is 1.52. The van der Waals surface area contributed by atoms with Gasteiger partial charge in [0.2, 0.25) is 5.91 Å². The second-order valence-electron chi connectivity index (χ2n) is 7.17. The van der Waals surface area contributed by atoms with Crippen LogP contribution in [0.5, 0.6) is 0 Å². The first-order valence-corrected chi connectivity index (χ1v) is 10.7. The van der Waals surface area contributed by atoms with Crippen molar-refractivity contribution in [3.05, 3.63) is 64.0 Å². The van der Waals surface area contributed by atoms with E-state index in [1.54, 1.807) is 0 Å². The van der Waals surface area contributed by atoms with Gasteiger partial charge in [-0.1, -0.05) is 50.2 Å². The molecule has 148 valence electrons. The summed E-state index contributed by atoms with van der Waals surface area (Å²) in [5.41, 5.74) is 7.25. The predicted octanol–water partition coefficient (Wildman–Crippen LogP) is 4.67. The zero-order chi connectivity index (χ0) is 20.5. The number of amides is 1. The molecule has 2 aromatic heterocycles. The highest BCUT2D eigenvalue weighted by atomic mass is 32.1. The Balaban J connectivity index is 1.99. The number of fused-ring (bicyclic) bond motifs is 2. The lowest BCUT2D eigenvalue weighted by Crippen LogP contribution is -2.36. The van der Waals surface area contributed by atoms with E-state index in [-0.39, 0.29) is 5.56 Å². The monoisotopic (exact) mass is 405 g/mol. The van der Waals surface area contributed by atoms with E-state index in [9.17, 15) is 9.59 Å². The van der Waals surface area contributed by atoms with Crippen molar-refractivity contribution < 1.29 is 4.79 Å². The quantitative estimate of drug-likeness (QED) is 0.506. The van der Waals surface area contributed by atoms with Gasteiger partial charge >= 0.3 is 0 Å². The summed E-state index contributed by atoms with van der Waals surface area (Å²) in [6.07, 6.45) is 1.91. The summed E-state index contributed by atoms with van der Waals surface area (Å²) in [5, 5.41) is 4.80. The smallest absolute Gasteiger partial charge is 0.263 e. The van der Waals surface area contributed by atoms with Crippen molar-refractivity contribution in [1.29, 1.82) is 0 Å². The van der Waals surface area contributed by atoms with Crippen molar-refractivity contribution in [2.75, 3.05) is 0 Å². The second-order valence-corrected chi connectivity index (χ2v) is 8.03. The molecule has 29 heavy (non-hydrogen) atoms. The summed E-state index contributed by atoms with van der Waals surface area (Å²) >= 11 is 1.46. The van der Waals surface area contributed by atoms with Gasteiger partial charge in [0, 0.05) is 17.4 Å². The minimum atomic E-state index is -0.690. The Hall–Kier alpha value is -2.99. The molecule has 0 radical (unpaired) electrons. The number of hydrogen-bond acceptors (Lipinski definition) is 4. The third-order valence-electron chi connectivity index (χ3n) is 5.27. The Labute approximate surface area is 172 Å². The molecule has 0 spiro atoms. The molecule has 1 atom stereocenters. The van der Waals surface area contributed by atoms with Gasteiger partial charge in [-0.25, -0.2) is 4.98 Å². The number of benzene rings is 2.